The third-order valence-electron chi connectivity index (χ3n) is 5.00. The van der Waals surface area contributed by atoms with E-state index in [2.05, 4.69) is 10.1 Å². The van der Waals surface area contributed by atoms with Gasteiger partial charge in [0, 0.05) is 26.2 Å². The maximum absolute atomic E-state index is 12.8. The van der Waals surface area contributed by atoms with Crippen LogP contribution >= 0.6 is 11.6 Å². The maximum atomic E-state index is 12.8. The Morgan fingerprint density at radius 1 is 1.08 bits per heavy atom. The third kappa shape index (κ3) is 11.7. The molecule has 8 nitrogen and oxygen atoms in total. The fourth-order valence-corrected chi connectivity index (χ4v) is 3.43. The number of rotatable bonds is 15. The first-order chi connectivity index (χ1) is 17.6. The lowest BCUT2D eigenvalue weighted by Crippen LogP contribution is -2.39. The van der Waals surface area contributed by atoms with Gasteiger partial charge in [0.25, 0.3) is 0 Å². The molecule has 2 rings (SSSR count). The van der Waals surface area contributed by atoms with Crippen LogP contribution in [-0.4, -0.2) is 73.8 Å². The van der Waals surface area contributed by atoms with Crippen LogP contribution in [0.15, 0.2) is 48.5 Å². The zero-order chi connectivity index (χ0) is 27.3. The number of ether oxygens (including phenoxy) is 3. The van der Waals surface area contributed by atoms with Crippen LogP contribution in [0, 0.1) is 0 Å². The van der Waals surface area contributed by atoms with Crippen molar-refractivity contribution in [2.24, 2.45) is 0 Å². The number of urea groups is 1. The van der Waals surface area contributed by atoms with Gasteiger partial charge in [-0.25, -0.2) is 9.59 Å². The van der Waals surface area contributed by atoms with Gasteiger partial charge in [-0.1, -0.05) is 35.9 Å². The quantitative estimate of drug-likeness (QED) is 0.296. The standard InChI is InChI=1S/C25H30ClF3N2O6/c1-2-36-22(23(32)33)16-18-8-10-19(11-9-18)37-15-13-31(12-5-14-35-17-25(27,28)29)24(34)30-21-7-4-3-6-20(21)26/h3-4,6-11,22H,2,5,12-17H2,1H3,(H,30,34)(H,32,33). The molecule has 2 aromatic rings. The van der Waals surface area contributed by atoms with Crippen LogP contribution in [-0.2, 0) is 20.7 Å². The second-order valence-corrected chi connectivity index (χ2v) is 8.30. The van der Waals surface area contributed by atoms with Gasteiger partial charge >= 0.3 is 18.2 Å². The van der Waals surface area contributed by atoms with E-state index in [1.54, 1.807) is 55.5 Å². The number of carbonyl (C=O) groups is 2. The fraction of sp³-hybridized carbons (Fsp3) is 0.440. The minimum absolute atomic E-state index is 0.107. The van der Waals surface area contributed by atoms with Gasteiger partial charge in [0.2, 0.25) is 0 Å². The van der Waals surface area contributed by atoms with E-state index in [9.17, 15) is 27.9 Å². The predicted octanol–water partition coefficient (Wildman–Crippen LogP) is 5.25. The number of alkyl halides is 3. The summed E-state index contributed by atoms with van der Waals surface area (Å²) in [5, 5.41) is 12.2. The molecule has 0 aromatic heterocycles. The van der Waals surface area contributed by atoms with Crippen molar-refractivity contribution in [3.63, 3.8) is 0 Å². The number of hydrogen-bond donors (Lipinski definition) is 2. The number of para-hydroxylation sites is 1. The molecule has 0 aliphatic rings. The van der Waals surface area contributed by atoms with Gasteiger partial charge in [-0.05, 0) is 43.2 Å². The number of aliphatic carboxylic acids is 1. The van der Waals surface area contributed by atoms with Crippen molar-refractivity contribution < 1.29 is 42.1 Å². The lowest BCUT2D eigenvalue weighted by atomic mass is 10.1. The van der Waals surface area contributed by atoms with E-state index in [1.807, 2.05) is 0 Å². The SMILES string of the molecule is CCOC(Cc1ccc(OCCN(CCCOCC(F)(F)F)C(=O)Nc2ccccc2Cl)cc1)C(=O)O. The van der Waals surface area contributed by atoms with Crippen LogP contribution < -0.4 is 10.1 Å². The summed E-state index contributed by atoms with van der Waals surface area (Å²) in [5.74, 6) is -0.534. The van der Waals surface area contributed by atoms with Crippen molar-refractivity contribution >= 4 is 29.3 Å². The van der Waals surface area contributed by atoms with E-state index in [0.29, 0.717) is 16.5 Å². The maximum Gasteiger partial charge on any atom is 0.411 e. The molecule has 2 amide bonds. The molecular formula is C25H30ClF3N2O6. The normalized spacial score (nSPS) is 12.1. The molecule has 0 saturated heterocycles. The first-order valence-corrected chi connectivity index (χ1v) is 12.0. The van der Waals surface area contributed by atoms with Gasteiger partial charge < -0.3 is 29.5 Å². The molecule has 0 aliphatic heterocycles. The largest absolute Gasteiger partial charge is 0.492 e. The second-order valence-electron chi connectivity index (χ2n) is 7.90. The van der Waals surface area contributed by atoms with Gasteiger partial charge in [0.15, 0.2) is 6.10 Å². The summed E-state index contributed by atoms with van der Waals surface area (Å²) >= 11 is 6.10. The Kier molecular flexibility index (Phi) is 12.5. The molecule has 0 aliphatic carbocycles. The molecule has 37 heavy (non-hydrogen) atoms. The van der Waals surface area contributed by atoms with Gasteiger partial charge in [-0.2, -0.15) is 13.2 Å². The topological polar surface area (TPSA) is 97.3 Å². The average Bonchev–Trinajstić information content (AvgIpc) is 2.84. The van der Waals surface area contributed by atoms with Gasteiger partial charge in [0.1, 0.15) is 19.0 Å². The van der Waals surface area contributed by atoms with E-state index in [-0.39, 0.29) is 45.8 Å². The Morgan fingerprint density at radius 3 is 2.41 bits per heavy atom. The molecule has 0 radical (unpaired) electrons. The highest BCUT2D eigenvalue weighted by atomic mass is 35.5. The number of amides is 2. The van der Waals surface area contributed by atoms with Crippen molar-refractivity contribution in [1.82, 2.24) is 4.90 Å². The smallest absolute Gasteiger partial charge is 0.411 e. The van der Waals surface area contributed by atoms with Crippen molar-refractivity contribution in [3.05, 3.63) is 59.1 Å². The molecule has 1 unspecified atom stereocenters. The Bertz CT molecular complexity index is 991. The molecule has 2 N–H and O–H groups in total. The highest BCUT2D eigenvalue weighted by Gasteiger charge is 2.27. The van der Waals surface area contributed by atoms with Crippen molar-refractivity contribution in [1.29, 1.82) is 0 Å². The van der Waals surface area contributed by atoms with E-state index in [4.69, 9.17) is 21.1 Å². The van der Waals surface area contributed by atoms with E-state index < -0.39 is 30.9 Å². The number of halogens is 4. The number of carbonyl (C=O) groups excluding carboxylic acids is 1. The first kappa shape index (κ1) is 30.2. The van der Waals surface area contributed by atoms with Crippen molar-refractivity contribution in [2.75, 3.05) is 44.8 Å². The summed E-state index contributed by atoms with van der Waals surface area (Å²) < 4.78 is 52.4. The molecule has 0 bridgehead atoms. The van der Waals surface area contributed by atoms with E-state index in [0.717, 1.165) is 5.56 Å². The van der Waals surface area contributed by atoms with Gasteiger partial charge in [0.05, 0.1) is 17.3 Å². The zero-order valence-electron chi connectivity index (χ0n) is 20.3. The molecule has 1 atom stereocenters. The number of benzene rings is 2. The minimum Gasteiger partial charge on any atom is -0.492 e. The summed E-state index contributed by atoms with van der Waals surface area (Å²) in [6, 6.07) is 13.0. The van der Waals surface area contributed by atoms with Crippen LogP contribution in [0.5, 0.6) is 5.75 Å². The number of anilines is 1. The van der Waals surface area contributed by atoms with Gasteiger partial charge in [-0.3, -0.25) is 0 Å². The molecule has 0 saturated carbocycles. The van der Waals surface area contributed by atoms with Gasteiger partial charge in [-0.15, -0.1) is 0 Å². The van der Waals surface area contributed by atoms with Crippen LogP contribution in [0.2, 0.25) is 5.02 Å². The number of nitrogens with zero attached hydrogens (tertiary/aromatic N) is 1. The molecule has 0 fully saturated rings. The van der Waals surface area contributed by atoms with Crippen molar-refractivity contribution in [2.45, 2.75) is 32.0 Å². The monoisotopic (exact) mass is 546 g/mol. The second kappa shape index (κ2) is 15.3. The molecule has 12 heteroatoms. The Labute approximate surface area is 218 Å². The zero-order valence-corrected chi connectivity index (χ0v) is 21.1. The summed E-state index contributed by atoms with van der Waals surface area (Å²) in [6.45, 7) is 0.864. The summed E-state index contributed by atoms with van der Waals surface area (Å²) in [6.07, 6.45) is -4.97. The number of hydrogen-bond acceptors (Lipinski definition) is 5. The highest BCUT2D eigenvalue weighted by molar-refractivity contribution is 6.33. The van der Waals surface area contributed by atoms with Crippen molar-refractivity contribution in [3.8, 4) is 5.75 Å². The molecule has 2 aromatic carbocycles. The molecule has 0 heterocycles. The third-order valence-corrected chi connectivity index (χ3v) is 5.33. The fourth-order valence-electron chi connectivity index (χ4n) is 3.25. The Morgan fingerprint density at radius 2 is 1.78 bits per heavy atom. The molecule has 204 valence electrons. The Hall–Kier alpha value is -3.02. The minimum atomic E-state index is -4.41. The van der Waals surface area contributed by atoms with Crippen LogP contribution in [0.4, 0.5) is 23.7 Å². The number of carboxylic acids is 1. The predicted molar refractivity (Wildman–Crippen MR) is 132 cm³/mol. The average molecular weight is 547 g/mol. The Balaban J connectivity index is 1.92. The number of carboxylic acid groups (broad SMARTS) is 1. The highest BCUT2D eigenvalue weighted by Crippen LogP contribution is 2.21. The first-order valence-electron chi connectivity index (χ1n) is 11.6. The lowest BCUT2D eigenvalue weighted by molar-refractivity contribution is -0.174. The van der Waals surface area contributed by atoms with Crippen LogP contribution in [0.25, 0.3) is 0 Å². The van der Waals surface area contributed by atoms with E-state index in [1.165, 1.54) is 4.90 Å². The lowest BCUT2D eigenvalue weighted by Gasteiger charge is -2.23. The summed E-state index contributed by atoms with van der Waals surface area (Å²) in [5.41, 5.74) is 1.16. The summed E-state index contributed by atoms with van der Waals surface area (Å²) in [4.78, 5) is 25.5. The van der Waals surface area contributed by atoms with Crippen LogP contribution in [0.3, 0.4) is 0 Å². The number of nitrogens with one attached hydrogen (secondary N) is 1. The molecular weight excluding hydrogens is 517 g/mol. The molecule has 0 spiro atoms. The van der Waals surface area contributed by atoms with E-state index >= 15 is 0 Å². The summed E-state index contributed by atoms with van der Waals surface area (Å²) in [7, 11) is 0. The van der Waals surface area contributed by atoms with Crippen LogP contribution in [0.1, 0.15) is 18.9 Å².